The monoisotopic (exact) mass is 431 g/mol. The van der Waals surface area contributed by atoms with Crippen LogP contribution in [0.4, 0.5) is 9.52 Å². The number of hydrogen-bond acceptors (Lipinski definition) is 5. The molecular formula is C21H22FN3O2S2. The number of anilines is 1. The Morgan fingerprint density at radius 2 is 1.66 bits per heavy atom. The Morgan fingerprint density at radius 3 is 2.31 bits per heavy atom. The summed E-state index contributed by atoms with van der Waals surface area (Å²) >= 11 is 1.57. The summed E-state index contributed by atoms with van der Waals surface area (Å²) in [4.78, 5) is 7.01. The molecule has 8 heteroatoms. The smallest absolute Gasteiger partial charge is 0.243 e. The second-order valence-electron chi connectivity index (χ2n) is 7.16. The van der Waals surface area contributed by atoms with E-state index in [-0.39, 0.29) is 4.90 Å². The summed E-state index contributed by atoms with van der Waals surface area (Å²) in [5.74, 6) is -0.447. The first kappa shape index (κ1) is 20.0. The standard InChI is InChI=1S/C21H22FN3O2S2/c1-15-3-4-17(13-16(15)2)20-14-28-21(23-20)24-9-11-25(12-10-24)29(26,27)19-7-5-18(22)6-8-19/h3-8,13-14H,9-12H2,1-2H3. The number of nitrogens with zero attached hydrogens (tertiary/aromatic N) is 3. The normalized spacial score (nSPS) is 15.6. The van der Waals surface area contributed by atoms with Crippen LogP contribution >= 0.6 is 11.3 Å². The first-order valence-corrected chi connectivity index (χ1v) is 11.7. The van der Waals surface area contributed by atoms with Crippen molar-refractivity contribution in [2.75, 3.05) is 31.1 Å². The van der Waals surface area contributed by atoms with Crippen molar-refractivity contribution < 1.29 is 12.8 Å². The lowest BCUT2D eigenvalue weighted by Gasteiger charge is -2.33. The van der Waals surface area contributed by atoms with Crippen LogP contribution in [-0.2, 0) is 10.0 Å². The van der Waals surface area contributed by atoms with Gasteiger partial charge in [0.15, 0.2) is 5.13 Å². The number of thiazole rings is 1. The fourth-order valence-electron chi connectivity index (χ4n) is 3.32. The van der Waals surface area contributed by atoms with Crippen LogP contribution in [0, 0.1) is 19.7 Å². The van der Waals surface area contributed by atoms with Gasteiger partial charge in [0.1, 0.15) is 5.82 Å². The SMILES string of the molecule is Cc1ccc(-c2csc(N3CCN(S(=O)(=O)c4ccc(F)cc4)CC3)n2)cc1C. The highest BCUT2D eigenvalue weighted by molar-refractivity contribution is 7.89. The third kappa shape index (κ3) is 4.05. The summed E-state index contributed by atoms with van der Waals surface area (Å²) < 4.78 is 40.1. The van der Waals surface area contributed by atoms with Gasteiger partial charge >= 0.3 is 0 Å². The van der Waals surface area contributed by atoms with Crippen LogP contribution < -0.4 is 4.90 Å². The molecule has 0 atom stereocenters. The van der Waals surface area contributed by atoms with Gasteiger partial charge in [-0.25, -0.2) is 17.8 Å². The lowest BCUT2D eigenvalue weighted by Crippen LogP contribution is -2.48. The molecule has 0 bridgehead atoms. The van der Waals surface area contributed by atoms with Crippen LogP contribution in [0.2, 0.25) is 0 Å². The summed E-state index contributed by atoms with van der Waals surface area (Å²) in [6.45, 7) is 6.06. The number of benzene rings is 2. The summed E-state index contributed by atoms with van der Waals surface area (Å²) in [6.07, 6.45) is 0. The maximum absolute atomic E-state index is 13.1. The van der Waals surface area contributed by atoms with Crippen molar-refractivity contribution >= 4 is 26.5 Å². The Morgan fingerprint density at radius 1 is 0.966 bits per heavy atom. The summed E-state index contributed by atoms with van der Waals surface area (Å²) in [5, 5.41) is 2.94. The topological polar surface area (TPSA) is 53.5 Å². The van der Waals surface area contributed by atoms with Crippen LogP contribution in [0.3, 0.4) is 0 Å². The minimum Gasteiger partial charge on any atom is -0.345 e. The van der Waals surface area contributed by atoms with Crippen molar-refractivity contribution in [2.45, 2.75) is 18.7 Å². The van der Waals surface area contributed by atoms with Gasteiger partial charge in [-0.1, -0.05) is 12.1 Å². The number of piperazine rings is 1. The Kier molecular flexibility index (Phi) is 5.42. The van der Waals surface area contributed by atoms with E-state index in [1.165, 1.54) is 39.7 Å². The van der Waals surface area contributed by atoms with Crippen LogP contribution in [0.25, 0.3) is 11.3 Å². The fourth-order valence-corrected chi connectivity index (χ4v) is 5.63. The Balaban J connectivity index is 1.45. The number of rotatable bonds is 4. The minimum absolute atomic E-state index is 0.124. The molecule has 0 aliphatic carbocycles. The molecule has 1 aliphatic heterocycles. The van der Waals surface area contributed by atoms with Gasteiger partial charge in [-0.05, 0) is 55.3 Å². The molecule has 0 radical (unpaired) electrons. The molecule has 29 heavy (non-hydrogen) atoms. The van der Waals surface area contributed by atoms with Crippen LogP contribution in [-0.4, -0.2) is 43.9 Å². The Labute approximate surface area is 174 Å². The van der Waals surface area contributed by atoms with E-state index in [2.05, 4.69) is 36.9 Å². The molecule has 2 aromatic carbocycles. The van der Waals surface area contributed by atoms with E-state index in [0.29, 0.717) is 26.2 Å². The van der Waals surface area contributed by atoms with Gasteiger partial charge in [0.05, 0.1) is 10.6 Å². The third-order valence-corrected chi connectivity index (χ3v) is 8.07. The molecule has 5 nitrogen and oxygen atoms in total. The summed E-state index contributed by atoms with van der Waals surface area (Å²) in [5.41, 5.74) is 4.52. The number of aryl methyl sites for hydroxylation is 2. The zero-order valence-corrected chi connectivity index (χ0v) is 17.9. The lowest BCUT2D eigenvalue weighted by atomic mass is 10.1. The molecule has 0 unspecified atom stereocenters. The van der Waals surface area contributed by atoms with Crippen LogP contribution in [0.5, 0.6) is 0 Å². The first-order chi connectivity index (χ1) is 13.8. The summed E-state index contributed by atoms with van der Waals surface area (Å²) in [7, 11) is -3.61. The zero-order chi connectivity index (χ0) is 20.6. The maximum Gasteiger partial charge on any atom is 0.243 e. The van der Waals surface area contributed by atoms with Gasteiger partial charge < -0.3 is 4.90 Å². The minimum atomic E-state index is -3.61. The predicted molar refractivity (Wildman–Crippen MR) is 114 cm³/mol. The molecule has 4 rings (SSSR count). The van der Waals surface area contributed by atoms with Crippen molar-refractivity contribution in [1.82, 2.24) is 9.29 Å². The highest BCUT2D eigenvalue weighted by Crippen LogP contribution is 2.30. The van der Waals surface area contributed by atoms with Crippen molar-refractivity contribution in [1.29, 1.82) is 0 Å². The number of aromatic nitrogens is 1. The highest BCUT2D eigenvalue weighted by atomic mass is 32.2. The van der Waals surface area contributed by atoms with E-state index in [4.69, 9.17) is 4.98 Å². The highest BCUT2D eigenvalue weighted by Gasteiger charge is 2.29. The number of sulfonamides is 1. The molecule has 1 aromatic heterocycles. The number of hydrogen-bond donors (Lipinski definition) is 0. The maximum atomic E-state index is 13.1. The van der Waals surface area contributed by atoms with Gasteiger partial charge in [0.2, 0.25) is 10.0 Å². The Hall–Kier alpha value is -2.29. The lowest BCUT2D eigenvalue weighted by molar-refractivity contribution is 0.384. The van der Waals surface area contributed by atoms with Crippen LogP contribution in [0.1, 0.15) is 11.1 Å². The quantitative estimate of drug-likeness (QED) is 0.625. The summed E-state index contributed by atoms with van der Waals surface area (Å²) in [6, 6.07) is 11.3. The molecule has 3 aromatic rings. The molecule has 0 N–H and O–H groups in total. The fraction of sp³-hybridized carbons (Fsp3) is 0.286. The first-order valence-electron chi connectivity index (χ1n) is 9.38. The van der Waals surface area contributed by atoms with E-state index >= 15 is 0 Å². The average molecular weight is 432 g/mol. The van der Waals surface area contributed by atoms with Gasteiger partial charge in [-0.15, -0.1) is 11.3 Å². The molecular weight excluding hydrogens is 409 g/mol. The predicted octanol–water partition coefficient (Wildman–Crippen LogP) is 4.08. The van der Waals surface area contributed by atoms with E-state index in [1.807, 2.05) is 5.38 Å². The second kappa shape index (κ2) is 7.85. The van der Waals surface area contributed by atoms with E-state index in [0.717, 1.165) is 16.4 Å². The second-order valence-corrected chi connectivity index (χ2v) is 9.93. The van der Waals surface area contributed by atoms with Crippen molar-refractivity contribution in [3.63, 3.8) is 0 Å². The average Bonchev–Trinajstić information content (AvgIpc) is 3.21. The molecule has 2 heterocycles. The van der Waals surface area contributed by atoms with Crippen molar-refractivity contribution in [3.8, 4) is 11.3 Å². The van der Waals surface area contributed by atoms with Gasteiger partial charge in [-0.3, -0.25) is 0 Å². The van der Waals surface area contributed by atoms with Crippen molar-refractivity contribution in [3.05, 3.63) is 64.8 Å². The van der Waals surface area contributed by atoms with Gasteiger partial charge in [0.25, 0.3) is 0 Å². The van der Waals surface area contributed by atoms with E-state index < -0.39 is 15.8 Å². The molecule has 0 spiro atoms. The third-order valence-electron chi connectivity index (χ3n) is 5.26. The molecule has 1 saturated heterocycles. The largest absolute Gasteiger partial charge is 0.345 e. The zero-order valence-electron chi connectivity index (χ0n) is 16.3. The molecule has 0 saturated carbocycles. The van der Waals surface area contributed by atoms with Gasteiger partial charge in [0, 0.05) is 37.1 Å². The van der Waals surface area contributed by atoms with E-state index in [9.17, 15) is 12.8 Å². The molecule has 0 amide bonds. The molecule has 152 valence electrons. The molecule has 1 aliphatic rings. The number of halogens is 1. The van der Waals surface area contributed by atoms with Crippen LogP contribution in [0.15, 0.2) is 52.7 Å². The van der Waals surface area contributed by atoms with Gasteiger partial charge in [-0.2, -0.15) is 4.31 Å². The van der Waals surface area contributed by atoms with Crippen molar-refractivity contribution in [2.24, 2.45) is 0 Å². The van der Waals surface area contributed by atoms with E-state index in [1.54, 1.807) is 11.3 Å². The Bertz CT molecular complexity index is 1120. The molecule has 1 fully saturated rings.